The SMILES string of the molecule is C.C.CC(F)Oc1ccc(C(=O)CC23CC(NC(=O)COc4ccc(Cl)c(F)c4)(C2)C3)cn1.Cc1cc(C(=O)CC23CC(NC(=O)COc4ccc(Cl)c(Cl)c4)(C2)C3)n(C)n1.Cc1cc(C(=O)CC23CC(NC(=O)COc4ccc5c(c4)OC(F)(F)O5)(C2)C3)n(C)n1.Cc1cc2c(CC34CC(NC(=O)COc5cccc(OC(F)F)c5)(C3)C4)nccn2n1. The largest absolute Gasteiger partial charge is 0.586 e. The minimum Gasteiger partial charge on any atom is -0.484 e. The van der Waals surface area contributed by atoms with E-state index in [4.69, 9.17) is 58.5 Å². The molecule has 36 heteroatoms. The predicted octanol–water partition coefficient (Wildman–Crippen LogP) is 15.3. The van der Waals surface area contributed by atoms with Gasteiger partial charge in [-0.2, -0.15) is 24.1 Å². The van der Waals surface area contributed by atoms with E-state index in [0.717, 1.165) is 118 Å². The Morgan fingerprint density at radius 1 is 0.488 bits per heavy atom. The lowest BCUT2D eigenvalue weighted by molar-refractivity contribution is -0.286. The molecule has 123 heavy (non-hydrogen) atoms. The summed E-state index contributed by atoms with van der Waals surface area (Å²) >= 11 is 17.4. The molecule has 9 aromatic rings. The number of nitrogens with zero attached hydrogens (tertiary/aromatic N) is 8. The van der Waals surface area contributed by atoms with Crippen molar-refractivity contribution in [2.75, 3.05) is 26.4 Å². The number of hydrogen-bond donors (Lipinski definition) is 4. The number of rotatable bonds is 31. The Labute approximate surface area is 719 Å². The van der Waals surface area contributed by atoms with Gasteiger partial charge in [0.05, 0.1) is 43.4 Å². The first-order chi connectivity index (χ1) is 57.3. The maximum atomic E-state index is 13.4. The van der Waals surface area contributed by atoms with Crippen LogP contribution in [-0.2, 0) is 39.7 Å². The van der Waals surface area contributed by atoms with Crippen molar-refractivity contribution in [1.29, 1.82) is 0 Å². The molecule has 27 nitrogen and oxygen atoms in total. The molecule has 0 spiro atoms. The molecule has 1 atom stereocenters. The highest BCUT2D eigenvalue weighted by Gasteiger charge is 2.71. The van der Waals surface area contributed by atoms with Crippen LogP contribution in [0.2, 0.25) is 15.1 Å². The zero-order valence-corrected chi connectivity index (χ0v) is 68.8. The molecule has 12 saturated carbocycles. The summed E-state index contributed by atoms with van der Waals surface area (Å²) in [5, 5.41) is 25.8. The lowest BCUT2D eigenvalue weighted by Gasteiger charge is -2.70. The first-order valence-corrected chi connectivity index (χ1v) is 40.2. The number of aromatic nitrogens is 8. The third kappa shape index (κ3) is 20.0. The highest BCUT2D eigenvalue weighted by atomic mass is 35.5. The van der Waals surface area contributed by atoms with Gasteiger partial charge in [0.1, 0.15) is 46.0 Å². The van der Waals surface area contributed by atoms with Crippen molar-refractivity contribution >= 4 is 81.3 Å². The number of amides is 4. The van der Waals surface area contributed by atoms with Crippen molar-refractivity contribution in [1.82, 2.24) is 60.4 Å². The molecule has 1 unspecified atom stereocenters. The standard InChI is InChI=1S/C22H21ClF2N2O4.C22H22F2N4O3.C21H21F2N3O5.C20H21Cl2N3O3.2CH4/c1-13(24)31-20-5-2-14(8-26-20)18(28)7-21-10-22(11-21,12-21)27-19(29)9-30-15-3-4-16(23)17(25)6-15;1-14-7-18-17(25-5-6-28(18)27-14)9-21-11-22(12-21,13-21)26-19(29)10-30-15-3-2-4-16(8-15)31-20(23)24;1-12-5-14(26(2)25-12)15(27)7-19-9-20(10-19,11-19)24-18(28)8-29-13-3-4-16-17(6-13)31-21(22,23)30-16;1-12-5-16(25(2)24-12)17(26)7-19-9-20(10-19,11-19)23-18(27)8-28-13-3-4-14(21)15(22)6-13;;/h2-6,8,13H,7,9-12H2,1H3,(H,27,29);2-8,20H,9-13H2,1H3,(H,26,29);3-6H,7-11H2,1-2H3,(H,24,28);3-6H,7-11H2,1-2H3,(H,23,27);2*1H4. The average molecular weight is 1770 g/mol. The zero-order valence-electron chi connectivity index (χ0n) is 66.5. The van der Waals surface area contributed by atoms with Crippen molar-refractivity contribution < 1.29 is 97.8 Å². The molecular weight excluding hydrogens is 1670 g/mol. The number of hydrogen-bond acceptors (Lipinski definition) is 20. The number of carbonyl (C=O) groups is 7. The highest BCUT2D eigenvalue weighted by molar-refractivity contribution is 6.42. The first kappa shape index (κ1) is 89.6. The van der Waals surface area contributed by atoms with Crippen LogP contribution < -0.4 is 59.2 Å². The van der Waals surface area contributed by atoms with E-state index in [2.05, 4.69) is 60.7 Å². The topological polar surface area (TPSA) is 320 Å². The summed E-state index contributed by atoms with van der Waals surface area (Å²) in [5.41, 5.74) is 5.53. The van der Waals surface area contributed by atoms with Crippen LogP contribution in [0.1, 0.15) is 172 Å². The molecule has 0 radical (unpaired) electrons. The summed E-state index contributed by atoms with van der Waals surface area (Å²) in [7, 11) is 3.55. The Morgan fingerprint density at radius 2 is 0.927 bits per heavy atom. The van der Waals surface area contributed by atoms with E-state index >= 15 is 0 Å². The van der Waals surface area contributed by atoms with Gasteiger partial charge in [-0.25, -0.2) is 18.3 Å². The van der Waals surface area contributed by atoms with E-state index in [-0.39, 0.29) is 166 Å². The van der Waals surface area contributed by atoms with Crippen molar-refractivity contribution in [3.05, 3.63) is 188 Å². The van der Waals surface area contributed by atoms with Crippen LogP contribution in [0.25, 0.3) is 5.52 Å². The summed E-state index contributed by atoms with van der Waals surface area (Å²) in [4.78, 5) is 95.2. The Hall–Kier alpha value is -11.2. The van der Waals surface area contributed by atoms with E-state index in [1.165, 1.54) is 67.7 Å². The second kappa shape index (κ2) is 34.5. The van der Waals surface area contributed by atoms with Crippen LogP contribution >= 0.6 is 34.8 Å². The molecule has 6 heterocycles. The van der Waals surface area contributed by atoms with Gasteiger partial charge in [0.2, 0.25) is 12.2 Å². The molecule has 4 amide bonds. The molecule has 8 bridgehead atoms. The number of Topliss-reactive ketones (excluding diaryl/α,β-unsaturated/α-hetero) is 3. The lowest BCUT2D eigenvalue weighted by Crippen LogP contribution is -2.75. The summed E-state index contributed by atoms with van der Waals surface area (Å²) in [6.07, 6.45) is 11.7. The molecule has 22 rings (SSSR count). The van der Waals surface area contributed by atoms with Crippen LogP contribution in [0.3, 0.4) is 0 Å². The number of alkyl halides is 5. The molecule has 12 aliphatic carbocycles. The van der Waals surface area contributed by atoms with Crippen molar-refractivity contribution in [2.24, 2.45) is 35.8 Å². The van der Waals surface area contributed by atoms with E-state index in [1.807, 2.05) is 43.6 Å². The summed E-state index contributed by atoms with van der Waals surface area (Å²) in [6, 6.07) is 27.4. The minimum atomic E-state index is -3.70. The maximum absolute atomic E-state index is 13.4. The van der Waals surface area contributed by atoms with Gasteiger partial charge >= 0.3 is 12.9 Å². The van der Waals surface area contributed by atoms with Gasteiger partial charge in [-0.15, -0.1) is 8.78 Å². The number of ketones is 3. The number of nitrogens with one attached hydrogen (secondary N) is 4. The molecule has 654 valence electrons. The number of fused-ring (bicyclic) bond motifs is 2. The first-order valence-electron chi connectivity index (χ1n) is 39.0. The van der Waals surface area contributed by atoms with Gasteiger partial charge in [-0.3, -0.25) is 47.9 Å². The second-order valence-electron chi connectivity index (χ2n) is 34.0. The van der Waals surface area contributed by atoms with E-state index in [1.54, 1.807) is 66.1 Å². The number of pyridine rings is 1. The number of halogens is 9. The van der Waals surface area contributed by atoms with Crippen molar-refractivity contribution in [3.8, 4) is 46.1 Å². The fourth-order valence-corrected chi connectivity index (χ4v) is 19.9. The van der Waals surface area contributed by atoms with E-state index in [0.29, 0.717) is 57.8 Å². The van der Waals surface area contributed by atoms with Crippen LogP contribution in [0.4, 0.5) is 26.3 Å². The molecule has 0 saturated heterocycles. The Kier molecular flexibility index (Phi) is 25.1. The molecule has 4 N–H and O–H groups in total. The number of aryl methyl sites for hydroxylation is 5. The Morgan fingerprint density at radius 3 is 1.38 bits per heavy atom. The van der Waals surface area contributed by atoms with Crippen LogP contribution in [0.5, 0.6) is 46.1 Å². The van der Waals surface area contributed by atoms with Crippen LogP contribution in [0, 0.1) is 48.2 Å². The van der Waals surface area contributed by atoms with E-state index < -0.39 is 25.1 Å². The Bertz CT molecular complexity index is 5490. The van der Waals surface area contributed by atoms with Gasteiger partial charge in [0.15, 0.2) is 55.3 Å². The number of carbonyl (C=O) groups excluding carboxylic acids is 7. The monoisotopic (exact) mass is 1760 g/mol. The molecule has 4 aromatic carbocycles. The summed E-state index contributed by atoms with van der Waals surface area (Å²) in [6.45, 7) is 3.29. The van der Waals surface area contributed by atoms with Gasteiger partial charge in [-0.05, 0) is 199 Å². The Balaban J connectivity index is 0.000000140. The lowest BCUT2D eigenvalue weighted by atomic mass is 9.38. The highest BCUT2D eigenvalue weighted by Crippen LogP contribution is 2.72. The normalized spacial score (nSPS) is 24.5. The van der Waals surface area contributed by atoms with Gasteiger partial charge in [-0.1, -0.05) is 55.7 Å². The van der Waals surface area contributed by atoms with Crippen molar-refractivity contribution in [3.63, 3.8) is 0 Å². The molecule has 12 fully saturated rings. The third-order valence-corrected chi connectivity index (χ3v) is 24.5. The summed E-state index contributed by atoms with van der Waals surface area (Å²) < 4.78 is 122. The third-order valence-electron chi connectivity index (χ3n) is 23.5. The zero-order chi connectivity index (χ0) is 86.0. The maximum Gasteiger partial charge on any atom is 0.586 e. The van der Waals surface area contributed by atoms with Crippen LogP contribution in [0.15, 0.2) is 128 Å². The molecule has 13 aliphatic rings. The fraction of sp³-hybridized carbons (Fsp3) is 0.448. The smallest absolute Gasteiger partial charge is 0.484 e. The summed E-state index contributed by atoms with van der Waals surface area (Å²) in [5.74, 6) is -0.319. The number of ether oxygens (including phenoxy) is 8. The number of benzene rings is 4. The average Bonchev–Trinajstić information content (AvgIpc) is 1.07. The molecule has 1 aliphatic heterocycles. The van der Waals surface area contributed by atoms with Gasteiger partial charge in [0.25, 0.3) is 23.6 Å². The molecular formula is C87H93Cl3F6N12O15. The predicted molar refractivity (Wildman–Crippen MR) is 437 cm³/mol. The molecule has 5 aromatic heterocycles. The minimum absolute atomic E-state index is 0. The van der Waals surface area contributed by atoms with Gasteiger partial charge in [0, 0.05) is 117 Å². The van der Waals surface area contributed by atoms with Gasteiger partial charge < -0.3 is 59.2 Å². The fourth-order valence-electron chi connectivity index (χ4n) is 19.5. The second-order valence-corrected chi connectivity index (χ2v) is 35.2. The van der Waals surface area contributed by atoms with E-state index in [9.17, 15) is 59.9 Å². The van der Waals surface area contributed by atoms with Crippen LogP contribution in [-0.4, -0.2) is 148 Å². The van der Waals surface area contributed by atoms with Crippen molar-refractivity contribution in [2.45, 2.75) is 187 Å². The quantitative estimate of drug-likeness (QED) is 0.0232.